The second kappa shape index (κ2) is 8.05. The predicted molar refractivity (Wildman–Crippen MR) is 106 cm³/mol. The van der Waals surface area contributed by atoms with Crippen LogP contribution in [0, 0.1) is 5.82 Å². The number of halogens is 1. The van der Waals surface area contributed by atoms with Crippen LogP contribution in [0.1, 0.15) is 5.56 Å². The van der Waals surface area contributed by atoms with Crippen LogP contribution in [0.15, 0.2) is 71.9 Å². The van der Waals surface area contributed by atoms with Gasteiger partial charge in [-0.1, -0.05) is 30.3 Å². The average molecular weight is 391 g/mol. The first-order chi connectivity index (χ1) is 14.1. The maximum absolute atomic E-state index is 12.9. The van der Waals surface area contributed by atoms with Crippen molar-refractivity contribution in [1.29, 1.82) is 0 Å². The summed E-state index contributed by atoms with van der Waals surface area (Å²) in [7, 11) is 0. The smallest absolute Gasteiger partial charge is 0.264 e. The van der Waals surface area contributed by atoms with E-state index in [1.54, 1.807) is 16.8 Å². The van der Waals surface area contributed by atoms with Crippen molar-refractivity contribution in [3.05, 3.63) is 88.9 Å². The molecular weight excluding hydrogens is 373 g/mol. The maximum Gasteiger partial charge on any atom is 0.264 e. The lowest BCUT2D eigenvalue weighted by Gasteiger charge is -2.08. The number of hydrogen-bond donors (Lipinski definition) is 1. The number of amides is 1. The highest BCUT2D eigenvalue weighted by Gasteiger charge is 2.13. The fraction of sp³-hybridized carbons (Fsp3) is 0.143. The summed E-state index contributed by atoms with van der Waals surface area (Å²) in [5.41, 5.74) is 1.82. The Hall–Kier alpha value is -3.81. The number of carbonyl (C=O) groups is 1. The molecule has 2 heterocycles. The number of hydrogen-bond acceptors (Lipinski definition) is 4. The molecule has 29 heavy (non-hydrogen) atoms. The van der Waals surface area contributed by atoms with Gasteiger partial charge in [-0.25, -0.2) is 14.1 Å². The van der Waals surface area contributed by atoms with Crippen LogP contribution in [-0.2, 0) is 17.8 Å². The van der Waals surface area contributed by atoms with Gasteiger partial charge in [0.1, 0.15) is 24.1 Å². The molecule has 0 saturated carbocycles. The Kier molecular flexibility index (Phi) is 5.15. The van der Waals surface area contributed by atoms with Gasteiger partial charge in [0.15, 0.2) is 5.65 Å². The zero-order chi connectivity index (χ0) is 20.2. The molecule has 0 spiro atoms. The number of rotatable bonds is 6. The van der Waals surface area contributed by atoms with Crippen molar-refractivity contribution in [1.82, 2.24) is 24.6 Å². The van der Waals surface area contributed by atoms with E-state index < -0.39 is 0 Å². The van der Waals surface area contributed by atoms with Crippen LogP contribution in [0.4, 0.5) is 4.39 Å². The summed E-state index contributed by atoms with van der Waals surface area (Å²) in [6, 6.07) is 15.5. The Morgan fingerprint density at radius 1 is 1.07 bits per heavy atom. The molecule has 0 aliphatic rings. The monoisotopic (exact) mass is 391 g/mol. The summed E-state index contributed by atoms with van der Waals surface area (Å²) < 4.78 is 15.8. The summed E-state index contributed by atoms with van der Waals surface area (Å²) >= 11 is 0. The van der Waals surface area contributed by atoms with Crippen molar-refractivity contribution in [2.75, 3.05) is 6.54 Å². The van der Waals surface area contributed by atoms with Crippen LogP contribution in [-0.4, -0.2) is 31.8 Å². The van der Waals surface area contributed by atoms with Crippen molar-refractivity contribution >= 4 is 16.9 Å². The van der Waals surface area contributed by atoms with E-state index in [-0.39, 0.29) is 23.8 Å². The number of nitrogens with one attached hydrogen (secondary N) is 1. The van der Waals surface area contributed by atoms with Crippen LogP contribution >= 0.6 is 0 Å². The number of para-hydroxylation sites is 1. The van der Waals surface area contributed by atoms with E-state index in [9.17, 15) is 14.0 Å². The highest BCUT2D eigenvalue weighted by atomic mass is 19.1. The lowest BCUT2D eigenvalue weighted by atomic mass is 10.1. The molecule has 1 N–H and O–H groups in total. The van der Waals surface area contributed by atoms with E-state index in [2.05, 4.69) is 15.4 Å². The predicted octanol–water partition coefficient (Wildman–Crippen LogP) is 2.08. The molecule has 0 aliphatic carbocycles. The van der Waals surface area contributed by atoms with E-state index in [1.165, 1.54) is 29.2 Å². The van der Waals surface area contributed by atoms with Gasteiger partial charge in [0.2, 0.25) is 5.91 Å². The molecular formula is C21H18FN5O2. The number of carbonyl (C=O) groups excluding carboxylic acids is 1. The van der Waals surface area contributed by atoms with Crippen molar-refractivity contribution in [2.24, 2.45) is 0 Å². The third-order valence-corrected chi connectivity index (χ3v) is 4.52. The van der Waals surface area contributed by atoms with Crippen molar-refractivity contribution in [3.8, 4) is 5.69 Å². The molecule has 2 aromatic heterocycles. The topological polar surface area (TPSA) is 81.8 Å². The van der Waals surface area contributed by atoms with E-state index in [0.717, 1.165) is 11.3 Å². The Labute approximate surface area is 165 Å². The quantitative estimate of drug-likeness (QED) is 0.546. The maximum atomic E-state index is 12.9. The van der Waals surface area contributed by atoms with Crippen molar-refractivity contribution in [3.63, 3.8) is 0 Å². The van der Waals surface area contributed by atoms with Gasteiger partial charge >= 0.3 is 0 Å². The fourth-order valence-electron chi connectivity index (χ4n) is 3.03. The van der Waals surface area contributed by atoms with Crippen LogP contribution < -0.4 is 10.9 Å². The summed E-state index contributed by atoms with van der Waals surface area (Å²) in [5, 5.41) is 7.35. The molecule has 8 heteroatoms. The van der Waals surface area contributed by atoms with E-state index in [0.29, 0.717) is 24.0 Å². The van der Waals surface area contributed by atoms with Gasteiger partial charge in [-0.3, -0.25) is 14.2 Å². The molecule has 0 fully saturated rings. The molecule has 2 aromatic carbocycles. The summed E-state index contributed by atoms with van der Waals surface area (Å²) in [5.74, 6) is -0.596. The van der Waals surface area contributed by atoms with E-state index in [1.807, 2.05) is 30.3 Å². The average Bonchev–Trinajstić information content (AvgIpc) is 3.17. The van der Waals surface area contributed by atoms with E-state index >= 15 is 0 Å². The van der Waals surface area contributed by atoms with Crippen molar-refractivity contribution < 1.29 is 9.18 Å². The molecule has 0 radical (unpaired) electrons. The van der Waals surface area contributed by atoms with Gasteiger partial charge in [0, 0.05) is 6.54 Å². The minimum Gasteiger partial charge on any atom is -0.354 e. The first-order valence-electron chi connectivity index (χ1n) is 9.11. The first kappa shape index (κ1) is 18.5. The molecule has 0 unspecified atom stereocenters. The summed E-state index contributed by atoms with van der Waals surface area (Å²) in [6.45, 7) is 0.253. The minimum absolute atomic E-state index is 0.137. The fourth-order valence-corrected chi connectivity index (χ4v) is 3.03. The van der Waals surface area contributed by atoms with Crippen LogP contribution in [0.3, 0.4) is 0 Å². The Balaban J connectivity index is 1.44. The van der Waals surface area contributed by atoms with Gasteiger partial charge in [-0.05, 0) is 36.2 Å². The summed E-state index contributed by atoms with van der Waals surface area (Å²) in [6.07, 6.45) is 3.38. The molecule has 0 saturated heterocycles. The van der Waals surface area contributed by atoms with Crippen molar-refractivity contribution in [2.45, 2.75) is 13.0 Å². The Bertz CT molecular complexity index is 1200. The lowest BCUT2D eigenvalue weighted by Crippen LogP contribution is -2.33. The molecule has 4 aromatic rings. The van der Waals surface area contributed by atoms with Crippen LogP contribution in [0.2, 0.25) is 0 Å². The standard InChI is InChI=1S/C21H18FN5O2/c22-16-8-6-15(7-9-16)10-11-23-19(28)13-26-14-24-20-18(21(26)29)12-25-27(20)17-4-2-1-3-5-17/h1-9,12,14H,10-11,13H2,(H,23,28). The SMILES string of the molecule is O=C(Cn1cnc2c(cnn2-c2ccccc2)c1=O)NCCc1ccc(F)cc1. The third kappa shape index (κ3) is 4.06. The number of benzene rings is 2. The van der Waals surface area contributed by atoms with Gasteiger partial charge in [-0.2, -0.15) is 5.10 Å². The zero-order valence-electron chi connectivity index (χ0n) is 15.5. The normalized spacial score (nSPS) is 10.9. The largest absolute Gasteiger partial charge is 0.354 e. The number of fused-ring (bicyclic) bond motifs is 1. The molecule has 1 amide bonds. The number of aromatic nitrogens is 4. The van der Waals surface area contributed by atoms with Crippen LogP contribution in [0.25, 0.3) is 16.7 Å². The van der Waals surface area contributed by atoms with Gasteiger partial charge in [0.25, 0.3) is 5.56 Å². The molecule has 4 rings (SSSR count). The second-order valence-corrected chi connectivity index (χ2v) is 6.53. The minimum atomic E-state index is -0.328. The second-order valence-electron chi connectivity index (χ2n) is 6.53. The number of nitrogens with zero attached hydrogens (tertiary/aromatic N) is 4. The van der Waals surface area contributed by atoms with Crippen LogP contribution in [0.5, 0.6) is 0 Å². The third-order valence-electron chi connectivity index (χ3n) is 4.52. The lowest BCUT2D eigenvalue weighted by molar-refractivity contribution is -0.121. The van der Waals surface area contributed by atoms with Gasteiger partial charge < -0.3 is 5.32 Å². The highest BCUT2D eigenvalue weighted by Crippen LogP contribution is 2.12. The molecule has 146 valence electrons. The Morgan fingerprint density at radius 3 is 2.59 bits per heavy atom. The van der Waals surface area contributed by atoms with Gasteiger partial charge in [-0.15, -0.1) is 0 Å². The molecule has 0 bridgehead atoms. The van der Waals surface area contributed by atoms with Gasteiger partial charge in [0.05, 0.1) is 11.9 Å². The molecule has 0 aliphatic heterocycles. The molecule has 7 nitrogen and oxygen atoms in total. The molecule has 0 atom stereocenters. The zero-order valence-corrected chi connectivity index (χ0v) is 15.5. The summed E-state index contributed by atoms with van der Waals surface area (Å²) in [4.78, 5) is 29.2. The first-order valence-corrected chi connectivity index (χ1v) is 9.11. The van der Waals surface area contributed by atoms with E-state index in [4.69, 9.17) is 0 Å². The highest BCUT2D eigenvalue weighted by molar-refractivity contribution is 5.77. The Morgan fingerprint density at radius 2 is 1.83 bits per heavy atom.